The van der Waals surface area contributed by atoms with Gasteiger partial charge >= 0.3 is 12.1 Å². The second-order valence-electron chi connectivity index (χ2n) is 4.65. The van der Waals surface area contributed by atoms with Crippen LogP contribution in [0.15, 0.2) is 18.2 Å². The van der Waals surface area contributed by atoms with Crippen LogP contribution in [-0.2, 0) is 17.7 Å². The normalized spacial score (nSPS) is 17.8. The summed E-state index contributed by atoms with van der Waals surface area (Å²) in [6.45, 7) is 2.48. The highest BCUT2D eigenvalue weighted by Crippen LogP contribution is 2.26. The molecule has 1 atom stereocenters. The molecule has 1 aromatic rings. The SMILES string of the molecule is CCC1Cc2cc(C(=O)O)ccc2CN1C(=O)OC. The van der Waals surface area contributed by atoms with Crippen molar-refractivity contribution in [3.8, 4) is 0 Å². The Morgan fingerprint density at radius 3 is 2.74 bits per heavy atom. The van der Waals surface area contributed by atoms with E-state index in [9.17, 15) is 9.59 Å². The maximum Gasteiger partial charge on any atom is 0.410 e. The zero-order valence-electron chi connectivity index (χ0n) is 11.0. The number of carboxylic acid groups (broad SMARTS) is 1. The van der Waals surface area contributed by atoms with E-state index in [0.29, 0.717) is 18.5 Å². The van der Waals surface area contributed by atoms with Crippen LogP contribution in [0, 0.1) is 0 Å². The molecule has 5 nitrogen and oxygen atoms in total. The lowest BCUT2D eigenvalue weighted by Crippen LogP contribution is -2.43. The van der Waals surface area contributed by atoms with E-state index in [1.165, 1.54) is 7.11 Å². The Bertz CT molecular complexity index is 512. The van der Waals surface area contributed by atoms with Gasteiger partial charge in [0.25, 0.3) is 0 Å². The minimum atomic E-state index is -0.925. The van der Waals surface area contributed by atoms with Gasteiger partial charge in [-0.3, -0.25) is 0 Å². The zero-order chi connectivity index (χ0) is 14.0. The molecule has 1 unspecified atom stereocenters. The number of fused-ring (bicyclic) bond motifs is 1. The van der Waals surface area contributed by atoms with Crippen molar-refractivity contribution in [3.63, 3.8) is 0 Å². The number of hydrogen-bond donors (Lipinski definition) is 1. The van der Waals surface area contributed by atoms with Crippen molar-refractivity contribution in [2.24, 2.45) is 0 Å². The van der Waals surface area contributed by atoms with Crippen molar-refractivity contribution in [1.82, 2.24) is 4.90 Å². The molecule has 1 amide bonds. The standard InChI is InChI=1S/C14H17NO4/c1-3-12-7-11-6-9(13(16)17)4-5-10(11)8-15(12)14(18)19-2/h4-6,12H,3,7-8H2,1-2H3,(H,16,17). The van der Waals surface area contributed by atoms with Crippen molar-refractivity contribution in [1.29, 1.82) is 0 Å². The highest BCUT2D eigenvalue weighted by molar-refractivity contribution is 5.88. The number of carbonyl (C=O) groups excluding carboxylic acids is 1. The first-order valence-electron chi connectivity index (χ1n) is 6.26. The molecule has 0 saturated carbocycles. The Morgan fingerprint density at radius 1 is 1.42 bits per heavy atom. The lowest BCUT2D eigenvalue weighted by molar-refractivity contribution is 0.0695. The highest BCUT2D eigenvalue weighted by atomic mass is 16.5. The molecule has 2 rings (SSSR count). The monoisotopic (exact) mass is 263 g/mol. The maximum absolute atomic E-state index is 11.7. The molecule has 0 radical (unpaired) electrons. The minimum absolute atomic E-state index is 0.0593. The number of methoxy groups -OCH3 is 1. The Balaban J connectivity index is 2.33. The third-order valence-electron chi connectivity index (χ3n) is 3.57. The van der Waals surface area contributed by atoms with Gasteiger partial charge in [0.05, 0.1) is 12.7 Å². The molecule has 1 N–H and O–H groups in total. The van der Waals surface area contributed by atoms with Crippen molar-refractivity contribution in [3.05, 3.63) is 34.9 Å². The topological polar surface area (TPSA) is 66.8 Å². The number of rotatable bonds is 2. The number of amides is 1. The Kier molecular flexibility index (Phi) is 3.74. The summed E-state index contributed by atoms with van der Waals surface area (Å²) in [7, 11) is 1.37. The molecule has 1 aromatic carbocycles. The molecule has 0 aliphatic carbocycles. The van der Waals surface area contributed by atoms with Crippen LogP contribution < -0.4 is 0 Å². The van der Waals surface area contributed by atoms with Gasteiger partial charge in [0.15, 0.2) is 0 Å². The average Bonchev–Trinajstić information content (AvgIpc) is 2.44. The van der Waals surface area contributed by atoms with Gasteiger partial charge < -0.3 is 14.7 Å². The summed E-state index contributed by atoms with van der Waals surface area (Å²) in [6.07, 6.45) is 1.15. The molecule has 5 heteroatoms. The number of aromatic carboxylic acids is 1. The van der Waals surface area contributed by atoms with Gasteiger partial charge in [-0.25, -0.2) is 9.59 Å². The molecule has 0 fully saturated rings. The number of carboxylic acids is 1. The highest BCUT2D eigenvalue weighted by Gasteiger charge is 2.29. The lowest BCUT2D eigenvalue weighted by atomic mass is 9.91. The first kappa shape index (κ1) is 13.4. The van der Waals surface area contributed by atoms with Crippen molar-refractivity contribution >= 4 is 12.1 Å². The summed E-state index contributed by atoms with van der Waals surface area (Å²) in [5.74, 6) is -0.925. The van der Waals surface area contributed by atoms with Crippen LogP contribution in [0.4, 0.5) is 4.79 Å². The largest absolute Gasteiger partial charge is 0.478 e. The van der Waals surface area contributed by atoms with Gasteiger partial charge in [-0.1, -0.05) is 13.0 Å². The fourth-order valence-corrected chi connectivity index (χ4v) is 2.48. The van der Waals surface area contributed by atoms with Crippen LogP contribution in [0.2, 0.25) is 0 Å². The Hall–Kier alpha value is -2.04. The van der Waals surface area contributed by atoms with E-state index in [-0.39, 0.29) is 12.1 Å². The van der Waals surface area contributed by atoms with E-state index in [4.69, 9.17) is 9.84 Å². The molecule has 102 valence electrons. The molecule has 0 aromatic heterocycles. The van der Waals surface area contributed by atoms with E-state index >= 15 is 0 Å². The molecule has 0 spiro atoms. The van der Waals surface area contributed by atoms with Crippen LogP contribution in [0.3, 0.4) is 0 Å². The first-order chi connectivity index (χ1) is 9.06. The van der Waals surface area contributed by atoms with Crippen LogP contribution in [0.5, 0.6) is 0 Å². The predicted molar refractivity (Wildman–Crippen MR) is 69.1 cm³/mol. The lowest BCUT2D eigenvalue weighted by Gasteiger charge is -2.35. The first-order valence-corrected chi connectivity index (χ1v) is 6.26. The van der Waals surface area contributed by atoms with E-state index in [2.05, 4.69) is 0 Å². The van der Waals surface area contributed by atoms with Gasteiger partial charge in [-0.05, 0) is 36.1 Å². The van der Waals surface area contributed by atoms with Gasteiger partial charge in [-0.2, -0.15) is 0 Å². The summed E-state index contributed by atoms with van der Waals surface area (Å²) >= 11 is 0. The van der Waals surface area contributed by atoms with E-state index in [1.807, 2.05) is 6.92 Å². The van der Waals surface area contributed by atoms with Crippen molar-refractivity contribution < 1.29 is 19.4 Å². The molecular formula is C14H17NO4. The smallest absolute Gasteiger partial charge is 0.410 e. The van der Waals surface area contributed by atoms with Crippen LogP contribution in [-0.4, -0.2) is 35.2 Å². The second kappa shape index (κ2) is 5.30. The maximum atomic E-state index is 11.7. The molecular weight excluding hydrogens is 246 g/mol. The van der Waals surface area contributed by atoms with Crippen LogP contribution >= 0.6 is 0 Å². The predicted octanol–water partition coefficient (Wildman–Crippen LogP) is 2.29. The molecule has 0 bridgehead atoms. The summed E-state index contributed by atoms with van der Waals surface area (Å²) < 4.78 is 4.79. The number of ether oxygens (including phenoxy) is 1. The van der Waals surface area contributed by atoms with E-state index in [1.54, 1.807) is 23.1 Å². The molecule has 0 saturated heterocycles. The summed E-state index contributed by atoms with van der Waals surface area (Å²) in [5.41, 5.74) is 2.28. The average molecular weight is 263 g/mol. The Morgan fingerprint density at radius 2 is 2.16 bits per heavy atom. The fraction of sp³-hybridized carbons (Fsp3) is 0.429. The van der Waals surface area contributed by atoms with E-state index in [0.717, 1.165) is 17.5 Å². The molecule has 1 aliphatic heterocycles. The fourth-order valence-electron chi connectivity index (χ4n) is 2.48. The minimum Gasteiger partial charge on any atom is -0.478 e. The zero-order valence-corrected chi connectivity index (χ0v) is 11.0. The van der Waals surface area contributed by atoms with Crippen LogP contribution in [0.1, 0.15) is 34.8 Å². The summed E-state index contributed by atoms with van der Waals surface area (Å²) in [6, 6.07) is 5.11. The molecule has 1 heterocycles. The second-order valence-corrected chi connectivity index (χ2v) is 4.65. The third kappa shape index (κ3) is 2.54. The summed E-state index contributed by atoms with van der Waals surface area (Å²) in [4.78, 5) is 24.4. The van der Waals surface area contributed by atoms with Crippen molar-refractivity contribution in [2.45, 2.75) is 32.4 Å². The number of benzene rings is 1. The van der Waals surface area contributed by atoms with Crippen LogP contribution in [0.25, 0.3) is 0 Å². The van der Waals surface area contributed by atoms with Gasteiger partial charge in [-0.15, -0.1) is 0 Å². The Labute approximate surface area is 111 Å². The van der Waals surface area contributed by atoms with Gasteiger partial charge in [0.2, 0.25) is 0 Å². The van der Waals surface area contributed by atoms with E-state index < -0.39 is 5.97 Å². The van der Waals surface area contributed by atoms with Crippen molar-refractivity contribution in [2.75, 3.05) is 7.11 Å². The molecule has 19 heavy (non-hydrogen) atoms. The molecule has 1 aliphatic rings. The van der Waals surface area contributed by atoms with Gasteiger partial charge in [0, 0.05) is 12.6 Å². The number of hydrogen-bond acceptors (Lipinski definition) is 3. The number of nitrogens with zero attached hydrogens (tertiary/aromatic N) is 1. The quantitative estimate of drug-likeness (QED) is 0.889. The van der Waals surface area contributed by atoms with Gasteiger partial charge in [0.1, 0.15) is 0 Å². The number of carbonyl (C=O) groups is 2. The third-order valence-corrected chi connectivity index (χ3v) is 3.57. The summed E-state index contributed by atoms with van der Waals surface area (Å²) in [5, 5.41) is 9.00.